The van der Waals surface area contributed by atoms with Crippen LogP contribution >= 0.6 is 0 Å². The fourth-order valence-electron chi connectivity index (χ4n) is 2.33. The lowest BCUT2D eigenvalue weighted by atomic mass is 10.1. The molecule has 2 rings (SSSR count). The van der Waals surface area contributed by atoms with Crippen molar-refractivity contribution in [1.82, 2.24) is 5.32 Å². The van der Waals surface area contributed by atoms with Crippen molar-refractivity contribution in [3.8, 4) is 23.8 Å². The van der Waals surface area contributed by atoms with E-state index in [9.17, 15) is 14.3 Å². The van der Waals surface area contributed by atoms with E-state index in [0.29, 0.717) is 30.0 Å². The van der Waals surface area contributed by atoms with E-state index in [1.54, 1.807) is 12.1 Å². The standard InChI is InChI=1S/C20H20FNO4/c1-3-12-26-17-9-4-14(13-18(17)25-2)10-11-22-20(24)19(23)15-5-7-16(21)8-6-15/h1,4-9,13,19,23H,10-12H2,2H3,(H,22,24). The van der Waals surface area contributed by atoms with E-state index in [2.05, 4.69) is 11.2 Å². The maximum Gasteiger partial charge on any atom is 0.253 e. The number of benzene rings is 2. The lowest BCUT2D eigenvalue weighted by Crippen LogP contribution is -2.31. The molecule has 6 heteroatoms. The third-order valence-electron chi connectivity index (χ3n) is 3.69. The molecule has 0 fully saturated rings. The molecule has 0 aliphatic rings. The monoisotopic (exact) mass is 357 g/mol. The molecule has 0 aromatic heterocycles. The van der Waals surface area contributed by atoms with Crippen LogP contribution in [0.15, 0.2) is 42.5 Å². The molecule has 2 aromatic carbocycles. The van der Waals surface area contributed by atoms with Crippen LogP contribution in [-0.2, 0) is 11.2 Å². The minimum absolute atomic E-state index is 0.146. The second-order valence-corrected chi connectivity index (χ2v) is 5.47. The topological polar surface area (TPSA) is 67.8 Å². The van der Waals surface area contributed by atoms with E-state index >= 15 is 0 Å². The van der Waals surface area contributed by atoms with Crippen LogP contribution in [0.4, 0.5) is 4.39 Å². The average molecular weight is 357 g/mol. The van der Waals surface area contributed by atoms with Gasteiger partial charge in [0.1, 0.15) is 12.4 Å². The van der Waals surface area contributed by atoms with Gasteiger partial charge in [-0.2, -0.15) is 0 Å². The highest BCUT2D eigenvalue weighted by atomic mass is 19.1. The Morgan fingerprint density at radius 2 is 2.00 bits per heavy atom. The van der Waals surface area contributed by atoms with Gasteiger partial charge in [-0.25, -0.2) is 4.39 Å². The Balaban J connectivity index is 1.89. The van der Waals surface area contributed by atoms with Gasteiger partial charge in [0.2, 0.25) is 0 Å². The third kappa shape index (κ3) is 5.23. The SMILES string of the molecule is C#CCOc1ccc(CCNC(=O)C(O)c2ccc(F)cc2)cc1OC. The summed E-state index contributed by atoms with van der Waals surface area (Å²) in [5.41, 5.74) is 1.26. The normalized spacial score (nSPS) is 11.3. The number of hydrogen-bond acceptors (Lipinski definition) is 4. The molecule has 0 bridgehead atoms. The van der Waals surface area contributed by atoms with E-state index in [1.165, 1.54) is 31.4 Å². The van der Waals surface area contributed by atoms with Gasteiger partial charge in [-0.05, 0) is 41.8 Å². The first-order valence-electron chi connectivity index (χ1n) is 7.99. The maximum atomic E-state index is 12.9. The Kier molecular flexibility index (Phi) is 7.01. The fourth-order valence-corrected chi connectivity index (χ4v) is 2.33. The van der Waals surface area contributed by atoms with Crippen LogP contribution in [0.1, 0.15) is 17.2 Å². The van der Waals surface area contributed by atoms with E-state index in [1.807, 2.05) is 6.07 Å². The van der Waals surface area contributed by atoms with Crippen molar-refractivity contribution in [3.05, 3.63) is 59.4 Å². The summed E-state index contributed by atoms with van der Waals surface area (Å²) in [7, 11) is 1.53. The largest absolute Gasteiger partial charge is 0.493 e. The molecule has 0 heterocycles. The van der Waals surface area contributed by atoms with E-state index in [-0.39, 0.29) is 6.61 Å². The summed E-state index contributed by atoms with van der Waals surface area (Å²) in [6, 6.07) is 10.5. The zero-order valence-corrected chi connectivity index (χ0v) is 14.4. The average Bonchev–Trinajstić information content (AvgIpc) is 2.66. The van der Waals surface area contributed by atoms with Crippen LogP contribution in [0.25, 0.3) is 0 Å². The van der Waals surface area contributed by atoms with E-state index in [4.69, 9.17) is 15.9 Å². The van der Waals surface area contributed by atoms with Crippen molar-refractivity contribution in [3.63, 3.8) is 0 Å². The molecular weight excluding hydrogens is 337 g/mol. The molecule has 0 saturated carbocycles. The van der Waals surface area contributed by atoms with Crippen LogP contribution in [0.3, 0.4) is 0 Å². The van der Waals surface area contributed by atoms with Gasteiger partial charge in [0.25, 0.3) is 5.91 Å². The van der Waals surface area contributed by atoms with Crippen LogP contribution in [0.5, 0.6) is 11.5 Å². The van der Waals surface area contributed by atoms with Crippen LogP contribution in [0.2, 0.25) is 0 Å². The molecular formula is C20H20FNO4. The molecule has 0 radical (unpaired) electrons. The number of amides is 1. The predicted octanol–water partition coefficient (Wildman–Crippen LogP) is 2.24. The molecule has 0 aliphatic heterocycles. The number of nitrogens with one attached hydrogen (secondary N) is 1. The van der Waals surface area contributed by atoms with Crippen LogP contribution in [0, 0.1) is 18.2 Å². The third-order valence-corrected chi connectivity index (χ3v) is 3.69. The van der Waals surface area contributed by atoms with Gasteiger partial charge >= 0.3 is 0 Å². The number of hydrogen-bond donors (Lipinski definition) is 2. The number of halogens is 1. The summed E-state index contributed by atoms with van der Waals surface area (Å²) in [6.45, 7) is 0.470. The van der Waals surface area contributed by atoms with E-state index < -0.39 is 17.8 Å². The first kappa shape index (κ1) is 19.3. The molecule has 136 valence electrons. The van der Waals surface area contributed by atoms with Gasteiger partial charge in [0.05, 0.1) is 7.11 Å². The first-order chi connectivity index (χ1) is 12.5. The van der Waals surface area contributed by atoms with Gasteiger partial charge < -0.3 is 19.9 Å². The van der Waals surface area contributed by atoms with Crippen LogP contribution < -0.4 is 14.8 Å². The number of ether oxygens (including phenoxy) is 2. The molecule has 1 unspecified atom stereocenters. The fraction of sp³-hybridized carbons (Fsp3) is 0.250. The van der Waals surface area contributed by atoms with Crippen molar-refractivity contribution in [2.24, 2.45) is 0 Å². The predicted molar refractivity (Wildman–Crippen MR) is 95.4 cm³/mol. The summed E-state index contributed by atoms with van der Waals surface area (Å²) in [4.78, 5) is 12.0. The van der Waals surface area contributed by atoms with Gasteiger partial charge in [0, 0.05) is 6.54 Å². The Morgan fingerprint density at radius 3 is 2.65 bits per heavy atom. The van der Waals surface area contributed by atoms with Crippen molar-refractivity contribution < 1.29 is 23.8 Å². The van der Waals surface area contributed by atoms with Crippen molar-refractivity contribution in [2.75, 3.05) is 20.3 Å². The summed E-state index contributed by atoms with van der Waals surface area (Å²) in [5.74, 6) is 2.51. The summed E-state index contributed by atoms with van der Waals surface area (Å²) >= 11 is 0. The first-order valence-corrected chi connectivity index (χ1v) is 7.99. The second kappa shape index (κ2) is 9.44. The van der Waals surface area contributed by atoms with Crippen molar-refractivity contribution >= 4 is 5.91 Å². The minimum atomic E-state index is -1.34. The quantitative estimate of drug-likeness (QED) is 0.711. The Labute approximate surface area is 151 Å². The number of carbonyl (C=O) groups excluding carboxylic acids is 1. The highest BCUT2D eigenvalue weighted by molar-refractivity contribution is 5.81. The molecule has 26 heavy (non-hydrogen) atoms. The molecule has 1 atom stereocenters. The van der Waals surface area contributed by atoms with Gasteiger partial charge in [-0.3, -0.25) is 4.79 Å². The number of aliphatic hydroxyl groups excluding tert-OH is 1. The molecule has 1 amide bonds. The smallest absolute Gasteiger partial charge is 0.253 e. The van der Waals surface area contributed by atoms with Gasteiger partial charge in [-0.1, -0.05) is 24.1 Å². The van der Waals surface area contributed by atoms with Gasteiger partial charge in [-0.15, -0.1) is 6.42 Å². The number of carbonyl (C=O) groups is 1. The zero-order chi connectivity index (χ0) is 18.9. The zero-order valence-electron chi connectivity index (χ0n) is 14.4. The maximum absolute atomic E-state index is 12.9. The number of methoxy groups -OCH3 is 1. The molecule has 0 spiro atoms. The Morgan fingerprint density at radius 1 is 1.27 bits per heavy atom. The molecule has 5 nitrogen and oxygen atoms in total. The van der Waals surface area contributed by atoms with Crippen molar-refractivity contribution in [2.45, 2.75) is 12.5 Å². The lowest BCUT2D eigenvalue weighted by Gasteiger charge is -2.13. The summed E-state index contributed by atoms with van der Waals surface area (Å²) < 4.78 is 23.5. The second-order valence-electron chi connectivity index (χ2n) is 5.47. The highest BCUT2D eigenvalue weighted by Gasteiger charge is 2.16. The Bertz CT molecular complexity index is 783. The number of terminal acetylenes is 1. The molecule has 2 N–H and O–H groups in total. The number of rotatable bonds is 8. The van der Waals surface area contributed by atoms with E-state index in [0.717, 1.165) is 5.56 Å². The lowest BCUT2D eigenvalue weighted by molar-refractivity contribution is -0.129. The molecule has 0 aliphatic carbocycles. The summed E-state index contributed by atoms with van der Waals surface area (Å²) in [6.07, 6.45) is 4.36. The summed E-state index contributed by atoms with van der Waals surface area (Å²) in [5, 5.41) is 12.6. The Hall–Kier alpha value is -3.04. The van der Waals surface area contributed by atoms with Crippen LogP contribution in [-0.4, -0.2) is 31.3 Å². The molecule has 2 aromatic rings. The molecule has 0 saturated heterocycles. The number of aliphatic hydroxyl groups is 1. The minimum Gasteiger partial charge on any atom is -0.493 e. The van der Waals surface area contributed by atoms with Crippen molar-refractivity contribution in [1.29, 1.82) is 0 Å². The van der Waals surface area contributed by atoms with Gasteiger partial charge in [0.15, 0.2) is 17.6 Å². The highest BCUT2D eigenvalue weighted by Crippen LogP contribution is 2.28.